The normalized spacial score (nSPS) is 22.4. The van der Waals surface area contributed by atoms with Crippen molar-refractivity contribution >= 4 is 22.5 Å². The molecular weight excluding hydrogens is 455 g/mol. The molecule has 9 heteroatoms. The Hall–Kier alpha value is -2.86. The van der Waals surface area contributed by atoms with E-state index in [0.29, 0.717) is 34.6 Å². The molecule has 0 radical (unpaired) electrons. The van der Waals surface area contributed by atoms with Crippen LogP contribution in [0, 0.1) is 23.2 Å². The number of nitriles is 1. The van der Waals surface area contributed by atoms with E-state index in [-0.39, 0.29) is 31.3 Å². The number of nitrogens with zero attached hydrogens (tertiary/aromatic N) is 4. The van der Waals surface area contributed by atoms with Crippen LogP contribution in [0.25, 0.3) is 10.9 Å². The van der Waals surface area contributed by atoms with Gasteiger partial charge in [0.1, 0.15) is 6.07 Å². The molecule has 188 valence electrons. The van der Waals surface area contributed by atoms with Crippen molar-refractivity contribution in [2.75, 3.05) is 31.1 Å². The van der Waals surface area contributed by atoms with Gasteiger partial charge < -0.3 is 15.1 Å². The lowest BCUT2D eigenvalue weighted by atomic mass is 9.90. The molecule has 2 saturated heterocycles. The van der Waals surface area contributed by atoms with Crippen LogP contribution in [0.5, 0.6) is 0 Å². The number of amides is 1. The number of fused-ring (bicyclic) bond motifs is 1. The van der Waals surface area contributed by atoms with Gasteiger partial charge in [0.05, 0.1) is 17.0 Å². The zero-order chi connectivity index (χ0) is 25.2. The Morgan fingerprint density at radius 1 is 1.23 bits per heavy atom. The fraction of sp³-hybridized carbons (Fsp3) is 0.577. The number of aromatic nitrogens is 1. The predicted molar refractivity (Wildman–Crippen MR) is 129 cm³/mol. The van der Waals surface area contributed by atoms with Crippen molar-refractivity contribution in [3.8, 4) is 6.07 Å². The Balaban J connectivity index is 1.49. The molecule has 4 rings (SSSR count). The van der Waals surface area contributed by atoms with E-state index in [4.69, 9.17) is 0 Å². The second kappa shape index (κ2) is 10.4. The largest absolute Gasteiger partial charge is 0.393 e. The van der Waals surface area contributed by atoms with Gasteiger partial charge in [-0.1, -0.05) is 0 Å². The van der Waals surface area contributed by atoms with E-state index in [1.807, 2.05) is 0 Å². The van der Waals surface area contributed by atoms with E-state index in [1.54, 1.807) is 35.4 Å². The van der Waals surface area contributed by atoms with Crippen molar-refractivity contribution in [2.24, 2.45) is 11.8 Å². The summed E-state index contributed by atoms with van der Waals surface area (Å²) in [4.78, 5) is 21.2. The van der Waals surface area contributed by atoms with Gasteiger partial charge in [-0.25, -0.2) is 0 Å². The van der Waals surface area contributed by atoms with Crippen LogP contribution in [0.1, 0.15) is 45.1 Å². The molecule has 1 N–H and O–H groups in total. The van der Waals surface area contributed by atoms with Gasteiger partial charge in [0, 0.05) is 48.9 Å². The summed E-state index contributed by atoms with van der Waals surface area (Å²) >= 11 is 0. The Bertz CT molecular complexity index is 1090. The molecule has 6 nitrogen and oxygen atoms in total. The standard InChI is InChI=1S/C26H32F3N5O/c1-17(2)33-10-7-18(8-11-33)12-24(35)32-21-13-20(26(27,28)29)15-34(16-21)23-6-5-19(14-30)25-22(23)4-3-9-31-25/h3-6,9,17-18,20-21H,7-8,10-13,15-16H2,1-2H3,(H,32,35)/t20-,21+/m0/s1. The molecule has 1 aromatic carbocycles. The van der Waals surface area contributed by atoms with Crippen LogP contribution < -0.4 is 10.2 Å². The highest BCUT2D eigenvalue weighted by Gasteiger charge is 2.45. The molecule has 2 aliphatic heterocycles. The molecule has 0 aliphatic carbocycles. The number of piperidine rings is 2. The summed E-state index contributed by atoms with van der Waals surface area (Å²) in [6, 6.07) is 8.72. The van der Waals surface area contributed by atoms with Crippen LogP contribution >= 0.6 is 0 Å². The summed E-state index contributed by atoms with van der Waals surface area (Å²) in [7, 11) is 0. The van der Waals surface area contributed by atoms with Crippen molar-refractivity contribution in [2.45, 2.75) is 57.8 Å². The number of likely N-dealkylation sites (tertiary alicyclic amines) is 1. The number of alkyl halides is 3. The Labute approximate surface area is 204 Å². The van der Waals surface area contributed by atoms with Crippen LogP contribution in [0.4, 0.5) is 18.9 Å². The van der Waals surface area contributed by atoms with E-state index < -0.39 is 18.1 Å². The summed E-state index contributed by atoms with van der Waals surface area (Å²) in [6.45, 7) is 6.29. The van der Waals surface area contributed by atoms with E-state index >= 15 is 0 Å². The van der Waals surface area contributed by atoms with Crippen molar-refractivity contribution in [3.63, 3.8) is 0 Å². The van der Waals surface area contributed by atoms with Gasteiger partial charge in [0.2, 0.25) is 5.91 Å². The summed E-state index contributed by atoms with van der Waals surface area (Å²) in [5.41, 5.74) is 1.44. The number of nitrogens with one attached hydrogen (secondary N) is 1. The molecule has 2 fully saturated rings. The first-order valence-corrected chi connectivity index (χ1v) is 12.3. The van der Waals surface area contributed by atoms with E-state index in [1.165, 1.54) is 0 Å². The van der Waals surface area contributed by atoms with E-state index in [0.717, 1.165) is 25.9 Å². The van der Waals surface area contributed by atoms with Crippen molar-refractivity contribution in [1.29, 1.82) is 5.26 Å². The zero-order valence-electron chi connectivity index (χ0n) is 20.2. The maximum atomic E-state index is 13.8. The summed E-state index contributed by atoms with van der Waals surface area (Å²) in [5, 5.41) is 12.9. The fourth-order valence-electron chi connectivity index (χ4n) is 5.38. The van der Waals surface area contributed by atoms with Crippen molar-refractivity contribution in [3.05, 3.63) is 36.0 Å². The SMILES string of the molecule is CC(C)N1CCC(CC(=O)N[C@@H]2C[C@H](C(F)(F)F)CN(c3ccc(C#N)c4ncccc34)C2)CC1. The molecule has 0 saturated carbocycles. The lowest BCUT2D eigenvalue weighted by molar-refractivity contribution is -0.178. The highest BCUT2D eigenvalue weighted by molar-refractivity contribution is 5.95. The molecule has 0 spiro atoms. The molecule has 0 unspecified atom stereocenters. The molecule has 2 atom stereocenters. The number of benzene rings is 1. The summed E-state index contributed by atoms with van der Waals surface area (Å²) in [6.07, 6.45) is -0.731. The number of carbonyl (C=O) groups excluding carboxylic acids is 1. The molecule has 1 aromatic heterocycles. The van der Waals surface area contributed by atoms with Gasteiger partial charge in [-0.3, -0.25) is 9.78 Å². The molecule has 2 aliphatic rings. The third-order valence-corrected chi connectivity index (χ3v) is 7.34. The van der Waals surface area contributed by atoms with Gasteiger partial charge in [0.25, 0.3) is 0 Å². The van der Waals surface area contributed by atoms with Crippen LogP contribution in [0.3, 0.4) is 0 Å². The van der Waals surface area contributed by atoms with Crippen LogP contribution in [-0.4, -0.2) is 60.2 Å². The zero-order valence-corrected chi connectivity index (χ0v) is 20.2. The smallest absolute Gasteiger partial charge is 0.368 e. The maximum absolute atomic E-state index is 13.8. The van der Waals surface area contributed by atoms with Gasteiger partial charge in [-0.05, 0) is 76.4 Å². The minimum atomic E-state index is -4.37. The number of carbonyl (C=O) groups is 1. The van der Waals surface area contributed by atoms with Crippen LogP contribution in [0.2, 0.25) is 0 Å². The highest BCUT2D eigenvalue weighted by atomic mass is 19.4. The van der Waals surface area contributed by atoms with Gasteiger partial charge in [-0.15, -0.1) is 0 Å². The van der Waals surface area contributed by atoms with Crippen molar-refractivity contribution in [1.82, 2.24) is 15.2 Å². The van der Waals surface area contributed by atoms with Gasteiger partial charge in [-0.2, -0.15) is 18.4 Å². The summed E-state index contributed by atoms with van der Waals surface area (Å²) < 4.78 is 41.5. The minimum Gasteiger partial charge on any atom is -0.368 e. The first-order chi connectivity index (χ1) is 16.7. The molecule has 3 heterocycles. The third kappa shape index (κ3) is 5.87. The quantitative estimate of drug-likeness (QED) is 0.673. The second-order valence-corrected chi connectivity index (χ2v) is 10.1. The number of pyridine rings is 1. The second-order valence-electron chi connectivity index (χ2n) is 10.1. The predicted octanol–water partition coefficient (Wildman–Crippen LogP) is 4.49. The maximum Gasteiger partial charge on any atom is 0.393 e. The monoisotopic (exact) mass is 487 g/mol. The Morgan fingerprint density at radius 2 is 1.97 bits per heavy atom. The number of anilines is 1. The summed E-state index contributed by atoms with van der Waals surface area (Å²) in [5.74, 6) is -1.47. The highest BCUT2D eigenvalue weighted by Crippen LogP contribution is 2.37. The Morgan fingerprint density at radius 3 is 2.63 bits per heavy atom. The van der Waals surface area contributed by atoms with Crippen molar-refractivity contribution < 1.29 is 18.0 Å². The molecule has 1 amide bonds. The average molecular weight is 488 g/mol. The number of halogens is 3. The fourth-order valence-corrected chi connectivity index (χ4v) is 5.38. The average Bonchev–Trinajstić information content (AvgIpc) is 2.82. The molecule has 0 bridgehead atoms. The molecule has 35 heavy (non-hydrogen) atoms. The van der Waals surface area contributed by atoms with Gasteiger partial charge >= 0.3 is 6.18 Å². The number of hydrogen-bond acceptors (Lipinski definition) is 5. The molecular formula is C26H32F3N5O. The van der Waals surface area contributed by atoms with Gasteiger partial charge in [0.15, 0.2) is 0 Å². The third-order valence-electron chi connectivity index (χ3n) is 7.34. The first-order valence-electron chi connectivity index (χ1n) is 12.3. The lowest BCUT2D eigenvalue weighted by Crippen LogP contribution is -2.54. The van der Waals surface area contributed by atoms with Crippen LogP contribution in [-0.2, 0) is 4.79 Å². The number of rotatable bonds is 5. The molecule has 2 aromatic rings. The van der Waals surface area contributed by atoms with E-state index in [9.17, 15) is 23.2 Å². The van der Waals surface area contributed by atoms with Crippen LogP contribution in [0.15, 0.2) is 30.5 Å². The Kier molecular flexibility index (Phi) is 7.50. The topological polar surface area (TPSA) is 72.3 Å². The van der Waals surface area contributed by atoms with E-state index in [2.05, 4.69) is 35.1 Å². The number of hydrogen-bond donors (Lipinski definition) is 1. The lowest BCUT2D eigenvalue weighted by Gasteiger charge is -2.40. The minimum absolute atomic E-state index is 0.135. The first kappa shape index (κ1) is 25.2.